The van der Waals surface area contributed by atoms with Crippen molar-refractivity contribution in [1.82, 2.24) is 9.80 Å². The maximum atomic E-state index is 12.9. The Hall–Kier alpha value is -1.56. The minimum Gasteiger partial charge on any atom is -0.480 e. The molecule has 3 aliphatic rings. The van der Waals surface area contributed by atoms with Gasteiger partial charge in [-0.25, -0.2) is 4.79 Å². The molecule has 4 rings (SSSR count). The second-order valence-corrected chi connectivity index (χ2v) is 10.2. The first-order valence-corrected chi connectivity index (χ1v) is 12.5. The zero-order chi connectivity index (χ0) is 24.9. The van der Waals surface area contributed by atoms with Gasteiger partial charge < -0.3 is 31.1 Å². The van der Waals surface area contributed by atoms with Gasteiger partial charge in [0.2, 0.25) is 0 Å². The van der Waals surface area contributed by atoms with Crippen molar-refractivity contribution in [2.75, 3.05) is 25.0 Å². The highest BCUT2D eigenvalue weighted by Crippen LogP contribution is 2.31. The SMILES string of the molecule is NC(CCCCB(O)O)(CCCN1C[C@H]2CC[C@@H]1CN2C(=O)Nc1ccc(Cl)c(Cl)c1)C(=O)O. The van der Waals surface area contributed by atoms with Crippen LogP contribution in [0, 0.1) is 0 Å². The first kappa shape index (κ1) is 27.0. The topological polar surface area (TPSA) is 139 Å². The molecule has 0 aliphatic carbocycles. The number of hydrogen-bond donors (Lipinski definition) is 5. The largest absolute Gasteiger partial charge is 0.480 e. The van der Waals surface area contributed by atoms with Gasteiger partial charge in [-0.05, 0) is 63.2 Å². The van der Waals surface area contributed by atoms with Crippen LogP contribution in [0.4, 0.5) is 10.5 Å². The summed E-state index contributed by atoms with van der Waals surface area (Å²) in [5.74, 6) is -1.03. The fraction of sp³-hybridized carbons (Fsp3) is 0.636. The van der Waals surface area contributed by atoms with Crippen molar-refractivity contribution in [3.8, 4) is 0 Å². The van der Waals surface area contributed by atoms with Crippen LogP contribution in [-0.4, -0.2) is 81.3 Å². The summed E-state index contributed by atoms with van der Waals surface area (Å²) in [7, 11) is -1.38. The highest BCUT2D eigenvalue weighted by molar-refractivity contribution is 6.42. The minimum atomic E-state index is -1.38. The smallest absolute Gasteiger partial charge is 0.451 e. The summed E-state index contributed by atoms with van der Waals surface area (Å²) in [6.45, 7) is 2.09. The number of carboxylic acid groups (broad SMARTS) is 1. The highest BCUT2D eigenvalue weighted by atomic mass is 35.5. The Morgan fingerprint density at radius 2 is 1.79 bits per heavy atom. The van der Waals surface area contributed by atoms with E-state index in [9.17, 15) is 14.7 Å². The molecule has 6 N–H and O–H groups in total. The maximum absolute atomic E-state index is 12.9. The predicted octanol–water partition coefficient (Wildman–Crippen LogP) is 2.88. The monoisotopic (exact) mass is 514 g/mol. The number of carboxylic acids is 1. The van der Waals surface area contributed by atoms with Crippen molar-refractivity contribution in [3.05, 3.63) is 28.2 Å². The number of rotatable bonds is 11. The number of halogens is 2. The first-order chi connectivity index (χ1) is 16.1. The van der Waals surface area contributed by atoms with Crippen LogP contribution in [0.2, 0.25) is 16.4 Å². The van der Waals surface area contributed by atoms with E-state index < -0.39 is 18.6 Å². The number of aliphatic carboxylic acids is 1. The predicted molar refractivity (Wildman–Crippen MR) is 133 cm³/mol. The molecule has 0 spiro atoms. The lowest BCUT2D eigenvalue weighted by atomic mass is 9.81. The van der Waals surface area contributed by atoms with Crippen molar-refractivity contribution in [2.45, 2.75) is 68.9 Å². The summed E-state index contributed by atoms with van der Waals surface area (Å²) in [6.07, 6.45) is 4.46. The van der Waals surface area contributed by atoms with E-state index in [1.54, 1.807) is 18.2 Å². The molecule has 1 aromatic rings. The molecule has 12 heteroatoms. The van der Waals surface area contributed by atoms with Crippen LogP contribution in [0.15, 0.2) is 18.2 Å². The number of nitrogens with two attached hydrogens (primary N) is 1. The summed E-state index contributed by atoms with van der Waals surface area (Å²) in [5, 5.41) is 31.2. The molecule has 188 valence electrons. The molecule has 3 fully saturated rings. The van der Waals surface area contributed by atoms with Crippen molar-refractivity contribution < 1.29 is 24.7 Å². The number of piperidine rings is 2. The van der Waals surface area contributed by atoms with Crippen LogP contribution in [0.3, 0.4) is 0 Å². The third kappa shape index (κ3) is 6.99. The Labute approximate surface area is 210 Å². The van der Waals surface area contributed by atoms with E-state index in [-0.39, 0.29) is 24.4 Å². The molecule has 1 unspecified atom stereocenters. The van der Waals surface area contributed by atoms with Gasteiger partial charge in [0, 0.05) is 30.9 Å². The van der Waals surface area contributed by atoms with Crippen LogP contribution in [0.1, 0.15) is 44.9 Å². The number of piperazine rings is 1. The number of nitrogens with zero attached hydrogens (tertiary/aromatic N) is 2. The Bertz CT molecular complexity index is 880. The molecule has 3 atom stereocenters. The molecule has 2 amide bonds. The Kier molecular flexibility index (Phi) is 9.48. The van der Waals surface area contributed by atoms with Crippen molar-refractivity contribution in [1.29, 1.82) is 0 Å². The molecule has 9 nitrogen and oxygen atoms in total. The van der Waals surface area contributed by atoms with Crippen molar-refractivity contribution in [3.63, 3.8) is 0 Å². The van der Waals surface area contributed by atoms with Gasteiger partial charge in [0.15, 0.2) is 0 Å². The lowest BCUT2D eigenvalue weighted by Gasteiger charge is -2.51. The molecule has 0 radical (unpaired) electrons. The number of fused-ring (bicyclic) bond motifs is 3. The average molecular weight is 515 g/mol. The zero-order valence-corrected chi connectivity index (χ0v) is 20.6. The Morgan fingerprint density at radius 3 is 2.41 bits per heavy atom. The Balaban J connectivity index is 1.47. The summed E-state index contributed by atoms with van der Waals surface area (Å²) in [4.78, 5) is 28.8. The summed E-state index contributed by atoms with van der Waals surface area (Å²) >= 11 is 12.0. The van der Waals surface area contributed by atoms with Crippen LogP contribution >= 0.6 is 23.2 Å². The summed E-state index contributed by atoms with van der Waals surface area (Å²) in [6, 6.07) is 5.16. The van der Waals surface area contributed by atoms with Crippen LogP contribution in [0.25, 0.3) is 0 Å². The van der Waals surface area contributed by atoms with E-state index in [2.05, 4.69) is 10.2 Å². The number of amides is 2. The van der Waals surface area contributed by atoms with E-state index in [0.29, 0.717) is 54.4 Å². The van der Waals surface area contributed by atoms with Gasteiger partial charge in [-0.2, -0.15) is 0 Å². The van der Waals surface area contributed by atoms with Gasteiger partial charge >= 0.3 is 19.1 Å². The lowest BCUT2D eigenvalue weighted by Crippen LogP contribution is -2.64. The lowest BCUT2D eigenvalue weighted by molar-refractivity contribution is -0.144. The standard InChI is InChI=1S/C22H33BCl2N4O5/c24-18-7-4-15(12-19(18)25)27-21(32)29-14-16-5-6-17(29)13-28(16)11-3-9-22(26,20(30)31)8-1-2-10-23(33)34/h4,7,12,16-17,33-34H,1-3,5-6,8-11,13-14,26H2,(H,27,32)(H,30,31)/t16-,17-,22?/m1/s1. The normalized spacial score (nSPS) is 21.9. The molecule has 2 bridgehead atoms. The van der Waals surface area contributed by atoms with Crippen LogP contribution < -0.4 is 11.1 Å². The second kappa shape index (κ2) is 11.9. The number of carbonyl (C=O) groups excluding carboxylic acids is 1. The van der Waals surface area contributed by atoms with Crippen molar-refractivity contribution >= 4 is 48.0 Å². The molecule has 3 aliphatic heterocycles. The molecule has 3 heterocycles. The van der Waals surface area contributed by atoms with Crippen LogP contribution in [-0.2, 0) is 4.79 Å². The molecular formula is C22H33BCl2N4O5. The van der Waals surface area contributed by atoms with Crippen molar-refractivity contribution in [2.24, 2.45) is 5.73 Å². The molecule has 3 saturated heterocycles. The quantitative estimate of drug-likeness (QED) is 0.226. The number of carbonyl (C=O) groups is 2. The number of unbranched alkanes of at least 4 members (excludes halogenated alkanes) is 1. The van der Waals surface area contributed by atoms with Gasteiger partial charge in [-0.1, -0.05) is 36.0 Å². The van der Waals surface area contributed by atoms with E-state index in [1.807, 2.05) is 4.90 Å². The fourth-order valence-corrected chi connectivity index (χ4v) is 5.21. The number of benzene rings is 1. The van der Waals surface area contributed by atoms with E-state index in [4.69, 9.17) is 39.0 Å². The maximum Gasteiger partial charge on any atom is 0.451 e. The van der Waals surface area contributed by atoms with E-state index in [1.165, 1.54) is 0 Å². The third-order valence-electron chi connectivity index (χ3n) is 6.90. The van der Waals surface area contributed by atoms with Gasteiger partial charge in [-0.3, -0.25) is 9.69 Å². The summed E-state index contributed by atoms with van der Waals surface area (Å²) in [5.41, 5.74) is 5.46. The molecule has 1 aromatic carbocycles. The third-order valence-corrected chi connectivity index (χ3v) is 7.64. The van der Waals surface area contributed by atoms with Gasteiger partial charge in [-0.15, -0.1) is 0 Å². The molecule has 34 heavy (non-hydrogen) atoms. The van der Waals surface area contributed by atoms with E-state index >= 15 is 0 Å². The van der Waals surface area contributed by atoms with E-state index in [0.717, 1.165) is 25.9 Å². The fourth-order valence-electron chi connectivity index (χ4n) is 4.91. The molecule has 0 aromatic heterocycles. The number of nitrogens with one attached hydrogen (secondary N) is 1. The van der Waals surface area contributed by atoms with Gasteiger partial charge in [0.25, 0.3) is 0 Å². The van der Waals surface area contributed by atoms with Crippen LogP contribution in [0.5, 0.6) is 0 Å². The van der Waals surface area contributed by atoms with Gasteiger partial charge in [0.05, 0.1) is 10.0 Å². The Morgan fingerprint density at radius 1 is 1.09 bits per heavy atom. The highest BCUT2D eigenvalue weighted by Gasteiger charge is 2.41. The minimum absolute atomic E-state index is 0.0970. The van der Waals surface area contributed by atoms with Gasteiger partial charge in [0.1, 0.15) is 5.54 Å². The number of hydrogen-bond acceptors (Lipinski definition) is 6. The number of anilines is 1. The second-order valence-electron chi connectivity index (χ2n) is 9.38. The molecular weight excluding hydrogens is 482 g/mol. The number of urea groups is 1. The summed E-state index contributed by atoms with van der Waals surface area (Å²) < 4.78 is 0. The average Bonchev–Trinajstić information content (AvgIpc) is 2.79. The molecule has 0 saturated carbocycles. The zero-order valence-electron chi connectivity index (χ0n) is 19.1. The first-order valence-electron chi connectivity index (χ1n) is 11.7.